The van der Waals surface area contributed by atoms with E-state index >= 15 is 0 Å². The molecule has 0 aromatic heterocycles. The molecule has 0 aromatic carbocycles. The third-order valence-corrected chi connectivity index (χ3v) is 1.60. The first-order valence-corrected chi connectivity index (χ1v) is 3.54. The summed E-state index contributed by atoms with van der Waals surface area (Å²) in [6.45, 7) is 2.99. The van der Waals surface area contributed by atoms with Crippen molar-refractivity contribution in [3.05, 3.63) is 23.9 Å². The van der Waals surface area contributed by atoms with Crippen LogP contribution in [0.5, 0.6) is 0 Å². The highest BCUT2D eigenvalue weighted by atomic mass is 15.1. The largest absolute Gasteiger partial charge is 0.376 e. The molecule has 1 rings (SSSR count). The van der Waals surface area contributed by atoms with Crippen LogP contribution < -0.4 is 5.73 Å². The topological polar surface area (TPSA) is 29.3 Å². The molecule has 10 heavy (non-hydrogen) atoms. The summed E-state index contributed by atoms with van der Waals surface area (Å²) in [6.07, 6.45) is 6.30. The maximum Gasteiger partial charge on any atom is 0.0354 e. The Morgan fingerprint density at radius 2 is 2.40 bits per heavy atom. The fourth-order valence-electron chi connectivity index (χ4n) is 0.975. The van der Waals surface area contributed by atoms with Crippen molar-refractivity contribution < 1.29 is 0 Å². The molecule has 1 aliphatic heterocycles. The molecule has 0 saturated heterocycles. The van der Waals surface area contributed by atoms with E-state index in [1.165, 1.54) is 5.57 Å². The number of nitrogens with zero attached hydrogens (tertiary/aromatic N) is 1. The molecule has 0 aromatic rings. The Hall–Kier alpha value is -0.760. The Kier molecular flexibility index (Phi) is 2.12. The van der Waals surface area contributed by atoms with Crippen molar-refractivity contribution >= 4 is 0 Å². The Morgan fingerprint density at radius 3 is 2.80 bits per heavy atom. The lowest BCUT2D eigenvalue weighted by atomic mass is 10.1. The highest BCUT2D eigenvalue weighted by molar-refractivity contribution is 5.26. The van der Waals surface area contributed by atoms with Gasteiger partial charge < -0.3 is 10.6 Å². The third kappa shape index (κ3) is 1.61. The van der Waals surface area contributed by atoms with E-state index in [0.29, 0.717) is 0 Å². The molecule has 2 N–H and O–H groups in total. The van der Waals surface area contributed by atoms with E-state index in [4.69, 9.17) is 5.73 Å². The van der Waals surface area contributed by atoms with Crippen molar-refractivity contribution in [3.8, 4) is 0 Å². The molecule has 0 aliphatic carbocycles. The van der Waals surface area contributed by atoms with Gasteiger partial charge in [-0.1, -0.05) is 12.2 Å². The Labute approximate surface area is 62.0 Å². The van der Waals surface area contributed by atoms with E-state index in [-0.39, 0.29) is 6.04 Å². The van der Waals surface area contributed by atoms with Gasteiger partial charge in [-0.05, 0) is 12.5 Å². The fourth-order valence-corrected chi connectivity index (χ4v) is 0.975. The SMILES string of the molecule is CC(N)C1=CN(C)CC=C1. The number of hydrogen-bond donors (Lipinski definition) is 1. The van der Waals surface area contributed by atoms with Gasteiger partial charge in [0.25, 0.3) is 0 Å². The maximum atomic E-state index is 5.68. The van der Waals surface area contributed by atoms with Crippen LogP contribution in [0, 0.1) is 0 Å². The molecule has 0 radical (unpaired) electrons. The van der Waals surface area contributed by atoms with Crippen LogP contribution in [0.4, 0.5) is 0 Å². The zero-order chi connectivity index (χ0) is 7.56. The molecule has 56 valence electrons. The first kappa shape index (κ1) is 7.35. The van der Waals surface area contributed by atoms with Gasteiger partial charge in [-0.2, -0.15) is 0 Å². The zero-order valence-corrected chi connectivity index (χ0v) is 6.54. The predicted molar refractivity (Wildman–Crippen MR) is 43.5 cm³/mol. The van der Waals surface area contributed by atoms with Crippen molar-refractivity contribution in [3.63, 3.8) is 0 Å². The van der Waals surface area contributed by atoms with Gasteiger partial charge in [-0.25, -0.2) is 0 Å². The van der Waals surface area contributed by atoms with Crippen LogP contribution in [-0.2, 0) is 0 Å². The van der Waals surface area contributed by atoms with E-state index in [0.717, 1.165) is 6.54 Å². The standard InChI is InChI=1S/C8H14N2/c1-7(9)8-4-3-5-10(2)6-8/h3-4,6-7H,5,9H2,1-2H3. The molecule has 2 nitrogen and oxygen atoms in total. The van der Waals surface area contributed by atoms with E-state index in [9.17, 15) is 0 Å². The Bertz CT molecular complexity index is 168. The second-order valence-corrected chi connectivity index (χ2v) is 2.76. The molecule has 0 amide bonds. The monoisotopic (exact) mass is 138 g/mol. The van der Waals surface area contributed by atoms with E-state index in [1.807, 2.05) is 14.0 Å². The molecule has 0 fully saturated rings. The van der Waals surface area contributed by atoms with Crippen LogP contribution in [0.15, 0.2) is 23.9 Å². The quantitative estimate of drug-likeness (QED) is 0.578. The van der Waals surface area contributed by atoms with Gasteiger partial charge in [0, 0.05) is 25.8 Å². The van der Waals surface area contributed by atoms with Crippen molar-refractivity contribution in [1.29, 1.82) is 0 Å². The van der Waals surface area contributed by atoms with Crippen LogP contribution in [0.3, 0.4) is 0 Å². The Balaban J connectivity index is 2.66. The molecule has 0 spiro atoms. The Morgan fingerprint density at radius 1 is 1.70 bits per heavy atom. The van der Waals surface area contributed by atoms with Gasteiger partial charge >= 0.3 is 0 Å². The van der Waals surface area contributed by atoms with Crippen LogP contribution in [0.25, 0.3) is 0 Å². The van der Waals surface area contributed by atoms with Gasteiger partial charge in [0.15, 0.2) is 0 Å². The summed E-state index contributed by atoms with van der Waals surface area (Å²) in [5, 5.41) is 0. The van der Waals surface area contributed by atoms with Gasteiger partial charge in [0.2, 0.25) is 0 Å². The van der Waals surface area contributed by atoms with E-state index in [1.54, 1.807) is 0 Å². The first-order valence-electron chi connectivity index (χ1n) is 3.54. The molecule has 0 bridgehead atoms. The normalized spacial score (nSPS) is 20.7. The average Bonchev–Trinajstić information content (AvgIpc) is 1.88. The van der Waals surface area contributed by atoms with Gasteiger partial charge in [0.05, 0.1) is 0 Å². The summed E-state index contributed by atoms with van der Waals surface area (Å²) < 4.78 is 0. The highest BCUT2D eigenvalue weighted by Gasteiger charge is 2.03. The lowest BCUT2D eigenvalue weighted by Crippen LogP contribution is -2.23. The van der Waals surface area contributed by atoms with Gasteiger partial charge in [-0.15, -0.1) is 0 Å². The van der Waals surface area contributed by atoms with Crippen molar-refractivity contribution in [2.24, 2.45) is 5.73 Å². The second-order valence-electron chi connectivity index (χ2n) is 2.76. The lowest BCUT2D eigenvalue weighted by Gasteiger charge is -2.19. The third-order valence-electron chi connectivity index (χ3n) is 1.60. The smallest absolute Gasteiger partial charge is 0.0354 e. The molecule has 2 heteroatoms. The number of nitrogens with two attached hydrogens (primary N) is 1. The van der Waals surface area contributed by atoms with Crippen molar-refractivity contribution in [2.45, 2.75) is 13.0 Å². The molecule has 1 heterocycles. The zero-order valence-electron chi connectivity index (χ0n) is 6.54. The minimum Gasteiger partial charge on any atom is -0.376 e. The highest BCUT2D eigenvalue weighted by Crippen LogP contribution is 2.07. The number of likely N-dealkylation sites (N-methyl/N-ethyl adjacent to an activating group) is 1. The van der Waals surface area contributed by atoms with Crippen LogP contribution in [0.1, 0.15) is 6.92 Å². The summed E-state index contributed by atoms with van der Waals surface area (Å²) in [5.74, 6) is 0. The van der Waals surface area contributed by atoms with Gasteiger partial charge in [0.1, 0.15) is 0 Å². The predicted octanol–water partition coefficient (Wildman–Crippen LogP) is 0.719. The summed E-state index contributed by atoms with van der Waals surface area (Å²) in [6, 6.07) is 0.152. The van der Waals surface area contributed by atoms with Gasteiger partial charge in [-0.3, -0.25) is 0 Å². The van der Waals surface area contributed by atoms with Crippen LogP contribution in [-0.4, -0.2) is 24.5 Å². The molecule has 1 aliphatic rings. The minimum absolute atomic E-state index is 0.152. The summed E-state index contributed by atoms with van der Waals surface area (Å²) in [5.41, 5.74) is 6.89. The molecule has 1 unspecified atom stereocenters. The average molecular weight is 138 g/mol. The molecular formula is C8H14N2. The van der Waals surface area contributed by atoms with E-state index in [2.05, 4.69) is 23.3 Å². The first-order chi connectivity index (χ1) is 4.70. The summed E-state index contributed by atoms with van der Waals surface area (Å²) in [4.78, 5) is 2.12. The maximum absolute atomic E-state index is 5.68. The van der Waals surface area contributed by atoms with Crippen molar-refractivity contribution in [1.82, 2.24) is 4.90 Å². The van der Waals surface area contributed by atoms with E-state index < -0.39 is 0 Å². The number of rotatable bonds is 1. The second kappa shape index (κ2) is 2.88. The number of hydrogen-bond acceptors (Lipinski definition) is 2. The summed E-state index contributed by atoms with van der Waals surface area (Å²) >= 11 is 0. The van der Waals surface area contributed by atoms with Crippen LogP contribution in [0.2, 0.25) is 0 Å². The fraction of sp³-hybridized carbons (Fsp3) is 0.500. The lowest BCUT2D eigenvalue weighted by molar-refractivity contribution is 0.495. The summed E-state index contributed by atoms with van der Waals surface area (Å²) in [7, 11) is 2.05. The molecule has 0 saturated carbocycles. The molecular weight excluding hydrogens is 124 g/mol. The van der Waals surface area contributed by atoms with Crippen LogP contribution >= 0.6 is 0 Å². The molecule has 1 atom stereocenters. The van der Waals surface area contributed by atoms with Crippen molar-refractivity contribution in [2.75, 3.05) is 13.6 Å². The minimum atomic E-state index is 0.152.